The van der Waals surface area contributed by atoms with Crippen LogP contribution in [0.1, 0.15) is 71.3 Å². The van der Waals surface area contributed by atoms with E-state index in [1.807, 2.05) is 0 Å². The number of carbonyl (C=O) groups is 5. The predicted octanol–water partition coefficient (Wildman–Crippen LogP) is 7.76. The quantitative estimate of drug-likeness (QED) is 0.0691. The van der Waals surface area contributed by atoms with Crippen molar-refractivity contribution in [2.24, 2.45) is 0 Å². The van der Waals surface area contributed by atoms with Crippen molar-refractivity contribution in [3.05, 3.63) is 106 Å². The van der Waals surface area contributed by atoms with Gasteiger partial charge in [-0.2, -0.15) is 0 Å². The monoisotopic (exact) mass is 814 g/mol. The number of nitrogens with zero attached hydrogens (tertiary/aromatic N) is 1. The Kier molecular flexibility index (Phi) is 14.0. The van der Waals surface area contributed by atoms with Crippen LogP contribution in [0.4, 0.5) is 15.5 Å². The minimum atomic E-state index is -0.659. The molecular formula is C42H46N4O9S2. The number of thioether (sulfide) groups is 1. The molecule has 0 radical (unpaired) electrons. The summed E-state index contributed by atoms with van der Waals surface area (Å²) in [5, 5.41) is 8.24. The topological polar surface area (TPSA) is 162 Å². The first kappa shape index (κ1) is 42.3. The van der Waals surface area contributed by atoms with E-state index in [0.29, 0.717) is 56.7 Å². The summed E-state index contributed by atoms with van der Waals surface area (Å²) < 4.78 is 21.7. The molecule has 300 valence electrons. The maximum Gasteiger partial charge on any atom is 0.410 e. The Morgan fingerprint density at radius 3 is 2.39 bits per heavy atom. The predicted molar refractivity (Wildman–Crippen MR) is 221 cm³/mol. The van der Waals surface area contributed by atoms with Crippen LogP contribution in [0.2, 0.25) is 0 Å². The molecule has 0 bridgehead atoms. The molecule has 0 fully saturated rings. The molecule has 3 N–H and O–H groups in total. The molecule has 2 heterocycles. The highest BCUT2D eigenvalue weighted by Gasteiger charge is 2.33. The highest BCUT2D eigenvalue weighted by Crippen LogP contribution is 2.39. The van der Waals surface area contributed by atoms with Gasteiger partial charge < -0.3 is 39.8 Å². The number of rotatable bonds is 13. The van der Waals surface area contributed by atoms with Crippen molar-refractivity contribution < 1.29 is 42.9 Å². The molecule has 1 aromatic heterocycles. The molecule has 1 atom stereocenters. The second kappa shape index (κ2) is 18.9. The van der Waals surface area contributed by atoms with E-state index in [0.717, 1.165) is 10.4 Å². The number of thiophene rings is 1. The molecule has 4 amide bonds. The first-order chi connectivity index (χ1) is 27.2. The van der Waals surface area contributed by atoms with Gasteiger partial charge in [0.05, 0.1) is 38.2 Å². The summed E-state index contributed by atoms with van der Waals surface area (Å²) >= 11 is 2.49. The second-order valence-corrected chi connectivity index (χ2v) is 16.3. The Morgan fingerprint density at radius 2 is 1.70 bits per heavy atom. The fourth-order valence-electron chi connectivity index (χ4n) is 5.75. The van der Waals surface area contributed by atoms with Gasteiger partial charge in [-0.25, -0.2) is 9.59 Å². The number of anilines is 2. The van der Waals surface area contributed by atoms with Crippen LogP contribution in [0.5, 0.6) is 11.5 Å². The molecule has 0 saturated carbocycles. The third kappa shape index (κ3) is 11.2. The molecule has 57 heavy (non-hydrogen) atoms. The average molecular weight is 815 g/mol. The summed E-state index contributed by atoms with van der Waals surface area (Å²) in [5.74, 6) is -0.987. The van der Waals surface area contributed by atoms with Crippen LogP contribution < -0.4 is 25.4 Å². The molecule has 0 spiro atoms. The number of carbonyl (C=O) groups excluding carboxylic acids is 5. The van der Waals surface area contributed by atoms with E-state index in [1.54, 1.807) is 112 Å². The molecule has 1 aliphatic heterocycles. The number of nitrogens with one attached hydrogen (secondary N) is 3. The summed E-state index contributed by atoms with van der Waals surface area (Å²) in [6.07, 6.45) is 1.47. The molecule has 5 rings (SSSR count). The van der Waals surface area contributed by atoms with Gasteiger partial charge in [0.15, 0.2) is 0 Å². The van der Waals surface area contributed by atoms with E-state index in [9.17, 15) is 24.0 Å². The number of hydrogen-bond acceptors (Lipinski definition) is 11. The Morgan fingerprint density at radius 1 is 0.947 bits per heavy atom. The first-order valence-corrected chi connectivity index (χ1v) is 19.9. The minimum Gasteiger partial charge on any atom is -0.497 e. The van der Waals surface area contributed by atoms with Crippen LogP contribution in [0.3, 0.4) is 0 Å². The van der Waals surface area contributed by atoms with E-state index in [-0.39, 0.29) is 24.8 Å². The second-order valence-electron chi connectivity index (χ2n) is 13.8. The normalized spacial score (nSPS) is 13.1. The van der Waals surface area contributed by atoms with Gasteiger partial charge in [0.2, 0.25) is 5.91 Å². The van der Waals surface area contributed by atoms with E-state index in [1.165, 1.54) is 43.4 Å². The number of esters is 1. The van der Waals surface area contributed by atoms with E-state index in [2.05, 4.69) is 16.0 Å². The number of benzene rings is 3. The van der Waals surface area contributed by atoms with Gasteiger partial charge in [-0.05, 0) is 95.1 Å². The smallest absolute Gasteiger partial charge is 0.410 e. The molecule has 1 unspecified atom stereocenters. The zero-order chi connectivity index (χ0) is 41.3. The standard InChI is InChI=1S/C42H46N4O9S2/c1-8-54-40(50)35-31-19-20-46(41(51)55-42(3,4)5)24-34(31)57-39(35)45-36(47)25(2)56-30-16-12-15-28(22-30)43-38(49)32(44-37(48)26-13-10-9-11-14-26)21-27-17-18-29(52-6)23-33(27)53-7/h9-18,21-23,25H,8,19-20,24H2,1-7H3,(H,43,49)(H,44,48)(H,45,47)/b32-21+. The van der Waals surface area contributed by atoms with Crippen molar-refractivity contribution in [3.63, 3.8) is 0 Å². The molecule has 15 heteroatoms. The van der Waals surface area contributed by atoms with E-state index < -0.39 is 34.7 Å². The molecule has 4 aromatic rings. The van der Waals surface area contributed by atoms with Gasteiger partial charge in [-0.3, -0.25) is 14.4 Å². The Labute approximate surface area is 340 Å². The molecular weight excluding hydrogens is 769 g/mol. The van der Waals surface area contributed by atoms with Gasteiger partial charge in [-0.15, -0.1) is 23.1 Å². The summed E-state index contributed by atoms with van der Waals surface area (Å²) in [7, 11) is 3.03. The number of methoxy groups -OCH3 is 2. The van der Waals surface area contributed by atoms with Gasteiger partial charge in [-0.1, -0.05) is 24.3 Å². The van der Waals surface area contributed by atoms with Crippen LogP contribution in [0.15, 0.2) is 83.4 Å². The number of hydrogen-bond donors (Lipinski definition) is 3. The van der Waals surface area contributed by atoms with Gasteiger partial charge in [0.1, 0.15) is 27.8 Å². The summed E-state index contributed by atoms with van der Waals surface area (Å²) in [6, 6.07) is 20.6. The summed E-state index contributed by atoms with van der Waals surface area (Å²) in [5.41, 5.74) is 1.66. The number of ether oxygens (including phenoxy) is 4. The third-order valence-corrected chi connectivity index (χ3v) is 10.7. The lowest BCUT2D eigenvalue weighted by Crippen LogP contribution is -2.39. The van der Waals surface area contributed by atoms with E-state index in [4.69, 9.17) is 18.9 Å². The molecule has 0 saturated heterocycles. The Balaban J connectivity index is 1.32. The Bertz CT molecular complexity index is 2160. The molecule has 1 aliphatic rings. The highest BCUT2D eigenvalue weighted by molar-refractivity contribution is 8.00. The number of fused-ring (bicyclic) bond motifs is 1. The first-order valence-electron chi connectivity index (χ1n) is 18.2. The van der Waals surface area contributed by atoms with Crippen molar-refractivity contribution in [1.29, 1.82) is 0 Å². The van der Waals surface area contributed by atoms with Crippen molar-refractivity contribution in [2.75, 3.05) is 38.0 Å². The lowest BCUT2D eigenvalue weighted by Gasteiger charge is -2.30. The van der Waals surface area contributed by atoms with Gasteiger partial charge >= 0.3 is 12.1 Å². The van der Waals surface area contributed by atoms with Gasteiger partial charge in [0, 0.05) is 39.2 Å². The third-order valence-electron chi connectivity index (χ3n) is 8.47. The average Bonchev–Trinajstić information content (AvgIpc) is 3.54. The number of amides is 4. The van der Waals surface area contributed by atoms with Crippen molar-refractivity contribution in [2.45, 2.75) is 63.3 Å². The molecule has 3 aromatic carbocycles. The van der Waals surface area contributed by atoms with Crippen molar-refractivity contribution in [1.82, 2.24) is 10.2 Å². The fourth-order valence-corrected chi connectivity index (χ4v) is 7.93. The van der Waals surface area contributed by atoms with Crippen molar-refractivity contribution >= 4 is 69.6 Å². The van der Waals surface area contributed by atoms with Gasteiger partial charge in [0.25, 0.3) is 11.8 Å². The lowest BCUT2D eigenvalue weighted by molar-refractivity contribution is -0.115. The fraction of sp³-hybridized carbons (Fsp3) is 0.310. The molecule has 13 nitrogen and oxygen atoms in total. The SMILES string of the molecule is CCOC(=O)c1c(NC(=O)C(C)Sc2cccc(NC(=O)/C(=C\c3ccc(OC)cc3OC)NC(=O)c3ccccc3)c2)sc2c1CCN(C(=O)OC(C)(C)C)C2. The molecule has 0 aliphatic carbocycles. The lowest BCUT2D eigenvalue weighted by atomic mass is 10.0. The van der Waals surface area contributed by atoms with Crippen LogP contribution in [-0.2, 0) is 32.0 Å². The maximum atomic E-state index is 13.8. The Hall–Kier alpha value is -5.80. The summed E-state index contributed by atoms with van der Waals surface area (Å²) in [6.45, 7) is 9.59. The van der Waals surface area contributed by atoms with Crippen LogP contribution in [0, 0.1) is 0 Å². The zero-order valence-corrected chi connectivity index (χ0v) is 34.5. The maximum absolute atomic E-state index is 13.8. The minimum absolute atomic E-state index is 0.0385. The van der Waals surface area contributed by atoms with Crippen molar-refractivity contribution in [3.8, 4) is 11.5 Å². The van der Waals surface area contributed by atoms with Crippen LogP contribution >= 0.6 is 23.1 Å². The van der Waals surface area contributed by atoms with E-state index >= 15 is 0 Å². The summed E-state index contributed by atoms with van der Waals surface area (Å²) in [4.78, 5) is 69.6. The zero-order valence-electron chi connectivity index (χ0n) is 32.8. The highest BCUT2D eigenvalue weighted by atomic mass is 32.2. The van der Waals surface area contributed by atoms with Crippen LogP contribution in [-0.4, -0.2) is 72.9 Å². The van der Waals surface area contributed by atoms with Crippen LogP contribution in [0.25, 0.3) is 6.08 Å². The largest absolute Gasteiger partial charge is 0.497 e.